The Morgan fingerprint density at radius 2 is 1.71 bits per heavy atom. The van der Waals surface area contributed by atoms with Crippen LogP contribution in [-0.4, -0.2) is 27.7 Å². The second kappa shape index (κ2) is 10.3. The summed E-state index contributed by atoms with van der Waals surface area (Å²) in [5.74, 6) is -0.118. The van der Waals surface area contributed by atoms with Gasteiger partial charge in [0, 0.05) is 30.2 Å². The number of benzene rings is 2. The van der Waals surface area contributed by atoms with Gasteiger partial charge in [-0.15, -0.1) is 0 Å². The van der Waals surface area contributed by atoms with Crippen molar-refractivity contribution in [2.45, 2.75) is 11.8 Å². The number of nitrogens with one attached hydrogen (secondary N) is 4. The van der Waals surface area contributed by atoms with Gasteiger partial charge in [0.05, 0.1) is 16.1 Å². The van der Waals surface area contributed by atoms with Crippen LogP contribution in [0.4, 0.5) is 27.7 Å². The Morgan fingerprint density at radius 3 is 2.35 bits per heavy atom. The first-order valence-electron chi connectivity index (χ1n) is 9.41. The third kappa shape index (κ3) is 6.11. The molecule has 9 nitrogen and oxygen atoms in total. The maximum absolute atomic E-state index is 12.9. The van der Waals surface area contributed by atoms with Crippen molar-refractivity contribution in [2.24, 2.45) is 5.14 Å². The number of hydrogen-bond acceptors (Lipinski definition) is 5. The van der Waals surface area contributed by atoms with Crippen molar-refractivity contribution in [3.63, 3.8) is 0 Å². The van der Waals surface area contributed by atoms with Crippen LogP contribution in [0.5, 0.6) is 0 Å². The minimum absolute atomic E-state index is 0.275. The number of aromatic nitrogens is 1. The summed E-state index contributed by atoms with van der Waals surface area (Å²) in [6.07, 6.45) is 1.38. The van der Waals surface area contributed by atoms with E-state index in [2.05, 4.69) is 26.3 Å². The van der Waals surface area contributed by atoms with E-state index in [-0.39, 0.29) is 11.4 Å². The highest BCUT2D eigenvalue weighted by atomic mass is 32.2. The number of urea groups is 1. The highest BCUT2D eigenvalue weighted by Crippen LogP contribution is 2.24. The average molecular weight is 439 g/mol. The molecule has 1 aromatic heterocycles. The van der Waals surface area contributed by atoms with Crippen LogP contribution in [0.3, 0.4) is 0 Å². The Balaban J connectivity index is 1.86. The number of amides is 3. The first-order valence-corrected chi connectivity index (χ1v) is 10.6. The van der Waals surface area contributed by atoms with Crippen molar-refractivity contribution in [1.82, 2.24) is 10.3 Å². The van der Waals surface area contributed by atoms with Gasteiger partial charge in [-0.25, -0.2) is 19.1 Å². The van der Waals surface area contributed by atoms with Gasteiger partial charge < -0.3 is 16.0 Å². The molecule has 0 radical (unpaired) electrons. The number of anilines is 4. The fourth-order valence-corrected chi connectivity index (χ4v) is 3.08. The van der Waals surface area contributed by atoms with Crippen LogP contribution in [-0.2, 0) is 11.0 Å². The third-order valence-corrected chi connectivity index (χ3v) is 4.86. The van der Waals surface area contributed by atoms with Crippen LogP contribution < -0.4 is 26.4 Å². The molecular weight excluding hydrogens is 416 g/mol. The number of rotatable bonds is 7. The summed E-state index contributed by atoms with van der Waals surface area (Å²) in [5, 5.41) is 16.6. The smallest absolute Gasteiger partial charge is 0.320 e. The van der Waals surface area contributed by atoms with Crippen LogP contribution in [0, 0.1) is 0 Å². The summed E-state index contributed by atoms with van der Waals surface area (Å²) in [7, 11) is -1.59. The summed E-state index contributed by atoms with van der Waals surface area (Å²) in [4.78, 5) is 29.4. The lowest BCUT2D eigenvalue weighted by molar-refractivity contribution is 0.102. The Bertz CT molecular complexity index is 1090. The summed E-state index contributed by atoms with van der Waals surface area (Å²) in [6, 6.07) is 16.9. The van der Waals surface area contributed by atoms with Crippen LogP contribution in [0.1, 0.15) is 17.3 Å². The van der Waals surface area contributed by atoms with Gasteiger partial charge in [0.25, 0.3) is 5.91 Å². The minimum Gasteiger partial charge on any atom is -0.355 e. The lowest BCUT2D eigenvalue weighted by atomic mass is 10.2. The quantitative estimate of drug-likeness (QED) is 0.386. The number of hydrogen-bond donors (Lipinski definition) is 5. The van der Waals surface area contributed by atoms with Gasteiger partial charge >= 0.3 is 6.03 Å². The molecule has 3 rings (SSSR count). The molecule has 31 heavy (non-hydrogen) atoms. The molecule has 0 aliphatic carbocycles. The van der Waals surface area contributed by atoms with E-state index in [0.29, 0.717) is 22.8 Å². The van der Waals surface area contributed by atoms with E-state index >= 15 is 0 Å². The van der Waals surface area contributed by atoms with Crippen molar-refractivity contribution >= 4 is 45.8 Å². The lowest BCUT2D eigenvalue weighted by Crippen LogP contribution is -2.28. The Labute approximate surface area is 182 Å². The normalized spacial score (nSPS) is 11.3. The van der Waals surface area contributed by atoms with Gasteiger partial charge in [-0.05, 0) is 43.3 Å². The average Bonchev–Trinajstić information content (AvgIpc) is 2.75. The van der Waals surface area contributed by atoms with E-state index < -0.39 is 22.9 Å². The van der Waals surface area contributed by atoms with E-state index in [4.69, 9.17) is 5.14 Å². The maximum Gasteiger partial charge on any atom is 0.320 e. The van der Waals surface area contributed by atoms with E-state index in [9.17, 15) is 13.8 Å². The zero-order valence-corrected chi connectivity index (χ0v) is 17.5. The minimum atomic E-state index is -1.59. The zero-order chi connectivity index (χ0) is 22.2. The molecule has 0 saturated carbocycles. The molecule has 1 atom stereocenters. The molecule has 6 N–H and O–H groups in total. The highest BCUT2D eigenvalue weighted by Gasteiger charge is 2.15. The summed E-state index contributed by atoms with van der Waals surface area (Å²) in [6.45, 7) is 2.28. The van der Waals surface area contributed by atoms with Crippen LogP contribution in [0.25, 0.3) is 0 Å². The zero-order valence-electron chi connectivity index (χ0n) is 16.7. The molecule has 3 amide bonds. The number of pyridine rings is 1. The number of para-hydroxylation sites is 1. The molecule has 0 aliphatic rings. The molecule has 3 aromatic rings. The van der Waals surface area contributed by atoms with E-state index in [1.807, 2.05) is 30.3 Å². The monoisotopic (exact) mass is 438 g/mol. The second-order valence-electron chi connectivity index (χ2n) is 6.37. The fourth-order valence-electron chi connectivity index (χ4n) is 2.68. The van der Waals surface area contributed by atoms with Gasteiger partial charge in [0.2, 0.25) is 0 Å². The van der Waals surface area contributed by atoms with Crippen molar-refractivity contribution in [3.8, 4) is 0 Å². The number of carbonyl (C=O) groups is 2. The van der Waals surface area contributed by atoms with Gasteiger partial charge in [-0.1, -0.05) is 18.2 Å². The largest absolute Gasteiger partial charge is 0.355 e. The molecule has 1 unspecified atom stereocenters. The first kappa shape index (κ1) is 21.9. The first-order chi connectivity index (χ1) is 15.0. The molecule has 0 spiro atoms. The number of carbonyl (C=O) groups excluding carboxylic acids is 2. The lowest BCUT2D eigenvalue weighted by Gasteiger charge is -2.14. The van der Waals surface area contributed by atoms with Crippen LogP contribution >= 0.6 is 0 Å². The maximum atomic E-state index is 12.9. The molecule has 2 aromatic carbocycles. The SMILES string of the molecule is CCNC(=O)Nc1cc(Nc2ccccc2)c(C(=O)Nc2ccc(S(N)=O)cc2)cn1. The molecule has 160 valence electrons. The van der Waals surface area contributed by atoms with E-state index in [1.165, 1.54) is 6.20 Å². The topological polar surface area (TPSA) is 138 Å². The molecule has 1 heterocycles. The van der Waals surface area contributed by atoms with E-state index in [1.54, 1.807) is 37.3 Å². The summed E-state index contributed by atoms with van der Waals surface area (Å²) >= 11 is 0. The van der Waals surface area contributed by atoms with Gasteiger partial charge in [0.15, 0.2) is 0 Å². The summed E-state index contributed by atoms with van der Waals surface area (Å²) in [5.41, 5.74) is 2.01. The van der Waals surface area contributed by atoms with Crippen LogP contribution in [0.15, 0.2) is 71.8 Å². The molecule has 10 heteroatoms. The van der Waals surface area contributed by atoms with Crippen molar-refractivity contribution < 1.29 is 13.8 Å². The van der Waals surface area contributed by atoms with Gasteiger partial charge in [-0.2, -0.15) is 0 Å². The Kier molecular flexibility index (Phi) is 7.31. The highest BCUT2D eigenvalue weighted by molar-refractivity contribution is 7.82. The Morgan fingerprint density at radius 1 is 1.00 bits per heavy atom. The standard InChI is InChI=1S/C21H22N6O3S/c1-2-23-21(29)27-19-12-18(25-14-6-4-3-5-7-14)17(13-24-19)20(28)26-15-8-10-16(11-9-15)31(22)30/h3-13H,2,22H2,1H3,(H,26,28)(H3,23,24,25,27,29). The second-order valence-corrected chi connectivity index (χ2v) is 7.43. The fraction of sp³-hybridized carbons (Fsp3) is 0.0952. The van der Waals surface area contributed by atoms with Crippen molar-refractivity contribution in [2.75, 3.05) is 22.5 Å². The summed E-state index contributed by atoms with van der Waals surface area (Å²) < 4.78 is 11.3. The molecular formula is C21H22N6O3S. The van der Waals surface area contributed by atoms with Crippen molar-refractivity contribution in [1.29, 1.82) is 0 Å². The Hall–Kier alpha value is -3.76. The van der Waals surface area contributed by atoms with Gasteiger partial charge in [0.1, 0.15) is 16.8 Å². The molecule has 0 aliphatic heterocycles. The third-order valence-electron chi connectivity index (χ3n) is 4.12. The number of nitrogens with zero attached hydrogens (tertiary/aromatic N) is 1. The molecule has 0 bridgehead atoms. The predicted molar refractivity (Wildman–Crippen MR) is 122 cm³/mol. The van der Waals surface area contributed by atoms with Gasteiger partial charge in [-0.3, -0.25) is 10.1 Å². The van der Waals surface area contributed by atoms with E-state index in [0.717, 1.165) is 5.69 Å². The predicted octanol–water partition coefficient (Wildman–Crippen LogP) is 3.20. The molecule has 0 fully saturated rings. The van der Waals surface area contributed by atoms with Crippen molar-refractivity contribution in [3.05, 3.63) is 72.4 Å². The molecule has 0 saturated heterocycles. The van der Waals surface area contributed by atoms with Crippen LogP contribution in [0.2, 0.25) is 0 Å². The number of nitrogens with two attached hydrogens (primary N) is 1.